The van der Waals surface area contributed by atoms with E-state index in [2.05, 4.69) is 20.9 Å². The summed E-state index contributed by atoms with van der Waals surface area (Å²) in [6.45, 7) is 1.48. The summed E-state index contributed by atoms with van der Waals surface area (Å²) in [5.41, 5.74) is 2.12. The van der Waals surface area contributed by atoms with Crippen LogP contribution in [0.4, 0.5) is 0 Å². The highest BCUT2D eigenvalue weighted by Gasteiger charge is 2.07. The fourth-order valence-corrected chi connectivity index (χ4v) is 1.90. The summed E-state index contributed by atoms with van der Waals surface area (Å²) in [6.07, 6.45) is 3.25. The van der Waals surface area contributed by atoms with E-state index in [4.69, 9.17) is 0 Å². The lowest BCUT2D eigenvalue weighted by Crippen LogP contribution is -2.11. The second-order valence-electron chi connectivity index (χ2n) is 3.69. The van der Waals surface area contributed by atoms with Crippen LogP contribution in [-0.4, -0.2) is 22.9 Å². The number of aryl methyl sites for hydroxylation is 1. The van der Waals surface area contributed by atoms with Gasteiger partial charge in [0.1, 0.15) is 11.9 Å². The molecule has 2 heterocycles. The van der Waals surface area contributed by atoms with Gasteiger partial charge in [0, 0.05) is 36.8 Å². The summed E-state index contributed by atoms with van der Waals surface area (Å²) in [5.74, 6) is 0. The zero-order valence-corrected chi connectivity index (χ0v) is 9.31. The Kier molecular flexibility index (Phi) is 3.31. The van der Waals surface area contributed by atoms with Gasteiger partial charge in [-0.2, -0.15) is 0 Å². The average molecular weight is 217 g/mol. The molecular weight excluding hydrogens is 202 g/mol. The molecule has 0 aromatic carbocycles. The Hall–Kier alpha value is -1.68. The van der Waals surface area contributed by atoms with Gasteiger partial charge < -0.3 is 14.7 Å². The molecule has 2 aromatic rings. The number of carbonyl (C=O) groups is 1. The van der Waals surface area contributed by atoms with E-state index in [-0.39, 0.29) is 0 Å². The molecule has 0 aliphatic heterocycles. The maximum absolute atomic E-state index is 10.5. The quantitative estimate of drug-likeness (QED) is 0.769. The molecule has 1 N–H and O–H groups in total. The minimum Gasteiger partial charge on any atom is -0.328 e. The van der Waals surface area contributed by atoms with Crippen molar-refractivity contribution in [1.29, 1.82) is 0 Å². The van der Waals surface area contributed by atoms with E-state index >= 15 is 0 Å². The van der Waals surface area contributed by atoms with Crippen LogP contribution in [0.25, 0.3) is 11.0 Å². The van der Waals surface area contributed by atoms with Crippen molar-refractivity contribution in [3.05, 3.63) is 30.1 Å². The van der Waals surface area contributed by atoms with Crippen LogP contribution in [0.5, 0.6) is 0 Å². The highest BCUT2D eigenvalue weighted by Crippen LogP contribution is 2.17. The first-order chi connectivity index (χ1) is 7.86. The first-order valence-corrected chi connectivity index (χ1v) is 5.38. The Morgan fingerprint density at radius 2 is 2.44 bits per heavy atom. The van der Waals surface area contributed by atoms with Crippen molar-refractivity contribution in [2.45, 2.75) is 19.5 Å². The number of nitrogens with zero attached hydrogens (tertiary/aromatic N) is 2. The van der Waals surface area contributed by atoms with Crippen LogP contribution in [0.15, 0.2) is 24.4 Å². The zero-order chi connectivity index (χ0) is 11.4. The average Bonchev–Trinajstić information content (AvgIpc) is 2.65. The molecule has 0 aliphatic rings. The second-order valence-corrected chi connectivity index (χ2v) is 3.69. The molecule has 2 rings (SSSR count). The lowest BCUT2D eigenvalue weighted by molar-refractivity contribution is -0.108. The first-order valence-electron chi connectivity index (χ1n) is 5.38. The summed E-state index contributed by atoms with van der Waals surface area (Å²) in [4.78, 5) is 14.8. The molecule has 0 aliphatic carbocycles. The molecule has 0 radical (unpaired) electrons. The van der Waals surface area contributed by atoms with Gasteiger partial charge in [-0.25, -0.2) is 4.98 Å². The van der Waals surface area contributed by atoms with E-state index in [1.807, 2.05) is 19.2 Å². The molecule has 16 heavy (non-hydrogen) atoms. The fraction of sp³-hybridized carbons (Fsp3) is 0.333. The summed E-state index contributed by atoms with van der Waals surface area (Å²) >= 11 is 0. The van der Waals surface area contributed by atoms with Crippen molar-refractivity contribution >= 4 is 17.3 Å². The molecule has 0 spiro atoms. The van der Waals surface area contributed by atoms with Crippen molar-refractivity contribution in [3.8, 4) is 0 Å². The molecule has 0 unspecified atom stereocenters. The van der Waals surface area contributed by atoms with Crippen molar-refractivity contribution in [2.24, 2.45) is 0 Å². The smallest absolute Gasteiger partial charge is 0.140 e. The first kappa shape index (κ1) is 10.8. The van der Waals surface area contributed by atoms with Gasteiger partial charge in [-0.15, -0.1) is 0 Å². The molecule has 2 aromatic heterocycles. The molecule has 0 atom stereocenters. The van der Waals surface area contributed by atoms with Gasteiger partial charge in [0.2, 0.25) is 0 Å². The van der Waals surface area contributed by atoms with Gasteiger partial charge in [0.05, 0.1) is 0 Å². The van der Waals surface area contributed by atoms with Gasteiger partial charge in [0.15, 0.2) is 0 Å². The molecule has 0 amide bonds. The third kappa shape index (κ3) is 1.97. The Bertz CT molecular complexity index is 490. The van der Waals surface area contributed by atoms with Crippen LogP contribution >= 0.6 is 0 Å². The fourth-order valence-electron chi connectivity index (χ4n) is 1.90. The van der Waals surface area contributed by atoms with Crippen molar-refractivity contribution in [1.82, 2.24) is 14.9 Å². The highest BCUT2D eigenvalue weighted by atomic mass is 16.1. The lowest BCUT2D eigenvalue weighted by atomic mass is 10.3. The van der Waals surface area contributed by atoms with E-state index in [0.29, 0.717) is 13.0 Å². The predicted octanol–water partition coefficient (Wildman–Crippen LogP) is 1.34. The standard InChI is InChI=1S/C12H15N3O/c1-13-9-11-8-10-4-2-5-14-12(10)15(11)6-3-7-16/h2,4-5,7-8,13H,3,6,9H2,1H3. The predicted molar refractivity (Wildman–Crippen MR) is 63.2 cm³/mol. The summed E-state index contributed by atoms with van der Waals surface area (Å²) in [6, 6.07) is 6.08. The minimum atomic E-state index is 0.525. The van der Waals surface area contributed by atoms with E-state index < -0.39 is 0 Å². The molecular formula is C12H15N3O. The third-order valence-electron chi connectivity index (χ3n) is 2.57. The van der Waals surface area contributed by atoms with E-state index in [9.17, 15) is 4.79 Å². The monoisotopic (exact) mass is 217 g/mol. The number of aldehydes is 1. The molecule has 0 saturated heterocycles. The minimum absolute atomic E-state index is 0.525. The Balaban J connectivity index is 2.46. The van der Waals surface area contributed by atoms with Crippen LogP contribution in [-0.2, 0) is 17.9 Å². The Morgan fingerprint density at radius 1 is 1.56 bits per heavy atom. The number of fused-ring (bicyclic) bond motifs is 1. The number of hydrogen-bond donors (Lipinski definition) is 1. The highest BCUT2D eigenvalue weighted by molar-refractivity contribution is 5.77. The number of nitrogens with one attached hydrogen (secondary N) is 1. The van der Waals surface area contributed by atoms with Gasteiger partial charge in [-0.05, 0) is 25.2 Å². The zero-order valence-electron chi connectivity index (χ0n) is 9.31. The van der Waals surface area contributed by atoms with Crippen LogP contribution in [0.1, 0.15) is 12.1 Å². The maximum Gasteiger partial charge on any atom is 0.140 e. The number of hydrogen-bond acceptors (Lipinski definition) is 3. The van der Waals surface area contributed by atoms with Crippen LogP contribution < -0.4 is 5.32 Å². The van der Waals surface area contributed by atoms with E-state index in [0.717, 1.165) is 29.6 Å². The van der Waals surface area contributed by atoms with E-state index in [1.165, 1.54) is 0 Å². The Labute approximate surface area is 94.3 Å². The summed E-state index contributed by atoms with van der Waals surface area (Å²) < 4.78 is 2.10. The molecule has 0 fully saturated rings. The van der Waals surface area contributed by atoms with Crippen LogP contribution in [0.2, 0.25) is 0 Å². The normalized spacial score (nSPS) is 10.8. The van der Waals surface area contributed by atoms with Crippen LogP contribution in [0.3, 0.4) is 0 Å². The largest absolute Gasteiger partial charge is 0.328 e. The number of rotatable bonds is 5. The topological polar surface area (TPSA) is 46.9 Å². The number of carbonyl (C=O) groups excluding carboxylic acids is 1. The molecule has 4 heteroatoms. The molecule has 0 bridgehead atoms. The third-order valence-corrected chi connectivity index (χ3v) is 2.57. The van der Waals surface area contributed by atoms with E-state index in [1.54, 1.807) is 6.20 Å². The number of pyridine rings is 1. The summed E-state index contributed by atoms with van der Waals surface area (Å²) in [5, 5.41) is 4.25. The lowest BCUT2D eigenvalue weighted by Gasteiger charge is -2.07. The Morgan fingerprint density at radius 3 is 3.19 bits per heavy atom. The molecule has 0 saturated carbocycles. The van der Waals surface area contributed by atoms with Crippen molar-refractivity contribution in [2.75, 3.05) is 7.05 Å². The summed E-state index contributed by atoms with van der Waals surface area (Å²) in [7, 11) is 1.91. The SMILES string of the molecule is CNCc1cc2cccnc2n1CCC=O. The molecule has 84 valence electrons. The van der Waals surface area contributed by atoms with Crippen molar-refractivity contribution in [3.63, 3.8) is 0 Å². The van der Waals surface area contributed by atoms with Gasteiger partial charge in [-0.1, -0.05) is 0 Å². The van der Waals surface area contributed by atoms with Gasteiger partial charge >= 0.3 is 0 Å². The van der Waals surface area contributed by atoms with Crippen LogP contribution in [0, 0.1) is 0 Å². The van der Waals surface area contributed by atoms with Gasteiger partial charge in [-0.3, -0.25) is 0 Å². The van der Waals surface area contributed by atoms with Gasteiger partial charge in [0.25, 0.3) is 0 Å². The second kappa shape index (κ2) is 4.90. The molecule has 4 nitrogen and oxygen atoms in total. The van der Waals surface area contributed by atoms with Crippen molar-refractivity contribution < 1.29 is 4.79 Å². The number of aromatic nitrogens is 2. The maximum atomic E-state index is 10.5.